The minimum absolute atomic E-state index is 0.0124. The van der Waals surface area contributed by atoms with E-state index in [0.29, 0.717) is 18.1 Å². The molecule has 3 aromatic rings. The summed E-state index contributed by atoms with van der Waals surface area (Å²) in [5, 5.41) is 2.65. The van der Waals surface area contributed by atoms with Gasteiger partial charge in [0.1, 0.15) is 0 Å². The summed E-state index contributed by atoms with van der Waals surface area (Å²) in [6.45, 7) is 0.391. The lowest BCUT2D eigenvalue weighted by molar-refractivity contribution is 0.743. The van der Waals surface area contributed by atoms with Gasteiger partial charge in [0, 0.05) is 10.9 Å². The number of nitrogens with two attached hydrogens (primary N) is 1. The summed E-state index contributed by atoms with van der Waals surface area (Å²) in [5.74, 6) is 5.71. The maximum Gasteiger partial charge on any atom is 0.259 e. The number of thiophene rings is 1. The number of hydrogen-bond acceptors (Lipinski definition) is 6. The lowest BCUT2D eigenvalue weighted by Crippen LogP contribution is -2.20. The SMILES string of the molecule is NNc1cnc(Cn2ccc3sccc3c2=O)cn1. The number of rotatable bonds is 3. The molecule has 0 atom stereocenters. The van der Waals surface area contributed by atoms with Gasteiger partial charge in [-0.25, -0.2) is 10.8 Å². The number of nitrogens with zero attached hydrogens (tertiary/aromatic N) is 3. The van der Waals surface area contributed by atoms with Crippen LogP contribution in [0.25, 0.3) is 10.1 Å². The third-order valence-corrected chi connectivity index (χ3v) is 3.66. The Kier molecular flexibility index (Phi) is 2.98. The monoisotopic (exact) mass is 273 g/mol. The van der Waals surface area contributed by atoms with Crippen molar-refractivity contribution in [1.82, 2.24) is 14.5 Å². The molecular formula is C12H11N5OS. The van der Waals surface area contributed by atoms with Crippen LogP contribution in [0.2, 0.25) is 0 Å². The van der Waals surface area contributed by atoms with E-state index >= 15 is 0 Å². The number of anilines is 1. The van der Waals surface area contributed by atoms with E-state index < -0.39 is 0 Å². The molecule has 0 saturated carbocycles. The number of aromatic nitrogens is 3. The maximum absolute atomic E-state index is 12.2. The topological polar surface area (TPSA) is 85.8 Å². The fraction of sp³-hybridized carbons (Fsp3) is 0.0833. The fourth-order valence-electron chi connectivity index (χ4n) is 1.82. The summed E-state index contributed by atoms with van der Waals surface area (Å²) in [7, 11) is 0. The van der Waals surface area contributed by atoms with Crippen LogP contribution in [0, 0.1) is 0 Å². The molecule has 0 spiro atoms. The highest BCUT2D eigenvalue weighted by Gasteiger charge is 2.05. The number of pyridine rings is 1. The fourth-order valence-corrected chi connectivity index (χ4v) is 2.59. The molecule has 0 aliphatic rings. The van der Waals surface area contributed by atoms with Gasteiger partial charge >= 0.3 is 0 Å². The van der Waals surface area contributed by atoms with Gasteiger partial charge in [-0.15, -0.1) is 11.3 Å². The van der Waals surface area contributed by atoms with Crippen LogP contribution in [0.4, 0.5) is 5.82 Å². The number of hydrazine groups is 1. The van der Waals surface area contributed by atoms with Gasteiger partial charge in [-0.05, 0) is 17.5 Å². The van der Waals surface area contributed by atoms with E-state index in [1.807, 2.05) is 17.5 Å². The van der Waals surface area contributed by atoms with Crippen molar-refractivity contribution < 1.29 is 0 Å². The Labute approximate surface area is 112 Å². The zero-order chi connectivity index (χ0) is 13.2. The molecule has 0 aromatic carbocycles. The number of nitrogen functional groups attached to an aromatic ring is 1. The second kappa shape index (κ2) is 4.79. The Morgan fingerprint density at radius 2 is 2.21 bits per heavy atom. The smallest absolute Gasteiger partial charge is 0.259 e. The van der Waals surface area contributed by atoms with Crippen LogP contribution in [0.5, 0.6) is 0 Å². The summed E-state index contributed by atoms with van der Waals surface area (Å²) >= 11 is 1.56. The molecule has 3 aromatic heterocycles. The van der Waals surface area contributed by atoms with Crippen LogP contribution >= 0.6 is 11.3 Å². The van der Waals surface area contributed by atoms with Crippen molar-refractivity contribution in [3.63, 3.8) is 0 Å². The van der Waals surface area contributed by atoms with E-state index in [2.05, 4.69) is 15.4 Å². The van der Waals surface area contributed by atoms with Crippen molar-refractivity contribution in [2.75, 3.05) is 5.43 Å². The molecular weight excluding hydrogens is 262 g/mol. The Hall–Kier alpha value is -2.25. The lowest BCUT2D eigenvalue weighted by Gasteiger charge is -2.05. The Morgan fingerprint density at radius 1 is 1.32 bits per heavy atom. The molecule has 0 aliphatic heterocycles. The Balaban J connectivity index is 1.95. The standard InChI is InChI=1S/C12H11N5OS/c13-16-11-6-14-8(5-15-11)7-17-3-1-10-9(12(17)18)2-4-19-10/h1-6H,7,13H2,(H,15,16). The highest BCUT2D eigenvalue weighted by Crippen LogP contribution is 2.16. The van der Waals surface area contributed by atoms with E-state index in [1.165, 1.54) is 6.20 Å². The molecule has 3 N–H and O–H groups in total. The first-order valence-corrected chi connectivity index (χ1v) is 6.50. The zero-order valence-electron chi connectivity index (χ0n) is 9.91. The van der Waals surface area contributed by atoms with Gasteiger partial charge in [-0.2, -0.15) is 0 Å². The second-order valence-corrected chi connectivity index (χ2v) is 4.93. The average molecular weight is 273 g/mol. The van der Waals surface area contributed by atoms with E-state index in [-0.39, 0.29) is 5.56 Å². The molecule has 0 bridgehead atoms. The Morgan fingerprint density at radius 3 is 2.95 bits per heavy atom. The van der Waals surface area contributed by atoms with Crippen LogP contribution in [0.3, 0.4) is 0 Å². The van der Waals surface area contributed by atoms with Gasteiger partial charge in [-0.3, -0.25) is 9.78 Å². The minimum Gasteiger partial charge on any atom is -0.309 e. The first-order valence-electron chi connectivity index (χ1n) is 5.62. The maximum atomic E-state index is 12.2. The summed E-state index contributed by atoms with van der Waals surface area (Å²) in [6, 6.07) is 3.77. The van der Waals surface area contributed by atoms with Crippen LogP contribution in [0.15, 0.2) is 40.9 Å². The van der Waals surface area contributed by atoms with Gasteiger partial charge in [0.25, 0.3) is 5.56 Å². The molecule has 0 unspecified atom stereocenters. The molecule has 0 amide bonds. The number of nitrogens with one attached hydrogen (secondary N) is 1. The summed E-state index contributed by atoms with van der Waals surface area (Å²) in [6.07, 6.45) is 4.90. The normalized spacial score (nSPS) is 10.8. The number of fused-ring (bicyclic) bond motifs is 1. The predicted octanol–water partition coefficient (Wildman–Crippen LogP) is 1.19. The lowest BCUT2D eigenvalue weighted by atomic mass is 10.3. The molecule has 0 radical (unpaired) electrons. The highest BCUT2D eigenvalue weighted by molar-refractivity contribution is 7.17. The second-order valence-electron chi connectivity index (χ2n) is 3.98. The molecule has 6 nitrogen and oxygen atoms in total. The quantitative estimate of drug-likeness (QED) is 0.553. The molecule has 3 rings (SSSR count). The molecule has 3 heterocycles. The molecule has 19 heavy (non-hydrogen) atoms. The predicted molar refractivity (Wildman–Crippen MR) is 75.0 cm³/mol. The van der Waals surface area contributed by atoms with Crippen molar-refractivity contribution in [3.8, 4) is 0 Å². The summed E-state index contributed by atoms with van der Waals surface area (Å²) in [4.78, 5) is 20.5. The van der Waals surface area contributed by atoms with E-state index in [9.17, 15) is 4.79 Å². The van der Waals surface area contributed by atoms with Gasteiger partial charge in [-0.1, -0.05) is 0 Å². The molecule has 0 fully saturated rings. The van der Waals surface area contributed by atoms with E-state index in [1.54, 1.807) is 28.3 Å². The average Bonchev–Trinajstić information content (AvgIpc) is 2.92. The molecule has 0 aliphatic carbocycles. The van der Waals surface area contributed by atoms with E-state index in [4.69, 9.17) is 5.84 Å². The van der Waals surface area contributed by atoms with Crippen molar-refractivity contribution in [2.24, 2.45) is 5.84 Å². The van der Waals surface area contributed by atoms with E-state index in [0.717, 1.165) is 10.1 Å². The van der Waals surface area contributed by atoms with Crippen molar-refractivity contribution in [1.29, 1.82) is 0 Å². The Bertz CT molecular complexity index is 762. The first kappa shape index (κ1) is 11.8. The summed E-state index contributed by atoms with van der Waals surface area (Å²) < 4.78 is 2.62. The van der Waals surface area contributed by atoms with Crippen molar-refractivity contribution in [3.05, 3.63) is 52.2 Å². The first-order chi connectivity index (χ1) is 9.28. The number of hydrogen-bond donors (Lipinski definition) is 2. The van der Waals surface area contributed by atoms with Crippen molar-refractivity contribution in [2.45, 2.75) is 6.54 Å². The third-order valence-electron chi connectivity index (χ3n) is 2.78. The third kappa shape index (κ3) is 2.20. The molecule has 0 saturated heterocycles. The summed E-state index contributed by atoms with van der Waals surface area (Å²) in [5.41, 5.74) is 3.10. The molecule has 96 valence electrons. The van der Waals surface area contributed by atoms with Gasteiger partial charge in [0.05, 0.1) is 30.0 Å². The van der Waals surface area contributed by atoms with Gasteiger partial charge < -0.3 is 9.99 Å². The van der Waals surface area contributed by atoms with Crippen LogP contribution in [-0.4, -0.2) is 14.5 Å². The van der Waals surface area contributed by atoms with Crippen LogP contribution in [-0.2, 0) is 6.54 Å². The largest absolute Gasteiger partial charge is 0.309 e. The molecule has 7 heteroatoms. The highest BCUT2D eigenvalue weighted by atomic mass is 32.1. The van der Waals surface area contributed by atoms with Gasteiger partial charge in [0.2, 0.25) is 0 Å². The van der Waals surface area contributed by atoms with Gasteiger partial charge in [0.15, 0.2) is 5.82 Å². The minimum atomic E-state index is -0.0124. The van der Waals surface area contributed by atoms with Crippen molar-refractivity contribution >= 4 is 27.2 Å². The van der Waals surface area contributed by atoms with Crippen LogP contribution in [0.1, 0.15) is 5.69 Å². The zero-order valence-corrected chi connectivity index (χ0v) is 10.7. The van der Waals surface area contributed by atoms with Crippen LogP contribution < -0.4 is 16.8 Å².